The first kappa shape index (κ1) is 16.8. The molecule has 7 nitrogen and oxygen atoms in total. The molecular weight excluding hydrogens is 332 g/mol. The fourth-order valence-corrected chi connectivity index (χ4v) is 3.52. The summed E-state index contributed by atoms with van der Waals surface area (Å²) in [6.45, 7) is 2.81. The lowest BCUT2D eigenvalue weighted by atomic mass is 10.2. The quantitative estimate of drug-likeness (QED) is 0.834. The molecular formula is C19H22N4O3. The molecule has 2 aliphatic heterocycles. The minimum absolute atomic E-state index is 0.0592. The normalized spacial score (nSPS) is 20.4. The predicted molar refractivity (Wildman–Crippen MR) is 95.0 cm³/mol. The van der Waals surface area contributed by atoms with Gasteiger partial charge in [0, 0.05) is 38.5 Å². The van der Waals surface area contributed by atoms with Crippen LogP contribution in [-0.4, -0.2) is 70.1 Å². The van der Waals surface area contributed by atoms with Crippen molar-refractivity contribution in [2.45, 2.75) is 18.9 Å². The Hall–Kier alpha value is -2.67. The van der Waals surface area contributed by atoms with Gasteiger partial charge in [0.25, 0.3) is 11.8 Å². The number of ether oxygens (including phenoxy) is 1. The number of piperazine rings is 1. The Balaban J connectivity index is 1.42. The topological polar surface area (TPSA) is 67.7 Å². The van der Waals surface area contributed by atoms with Crippen LogP contribution in [0.5, 0.6) is 0 Å². The highest BCUT2D eigenvalue weighted by atomic mass is 16.5. The predicted octanol–water partition coefficient (Wildman–Crippen LogP) is 1.34. The van der Waals surface area contributed by atoms with Crippen LogP contribution in [0.15, 0.2) is 42.9 Å². The number of hydrogen-bond acceptors (Lipinski definition) is 4. The van der Waals surface area contributed by atoms with Crippen LogP contribution in [0.25, 0.3) is 5.69 Å². The van der Waals surface area contributed by atoms with Gasteiger partial charge in [0.05, 0.1) is 12.5 Å². The van der Waals surface area contributed by atoms with Gasteiger partial charge in [-0.2, -0.15) is 0 Å². The summed E-state index contributed by atoms with van der Waals surface area (Å²) in [7, 11) is 0. The van der Waals surface area contributed by atoms with E-state index >= 15 is 0 Å². The van der Waals surface area contributed by atoms with E-state index in [1.54, 1.807) is 22.0 Å². The minimum Gasteiger partial charge on any atom is -0.368 e. The van der Waals surface area contributed by atoms with E-state index in [2.05, 4.69) is 4.98 Å². The Morgan fingerprint density at radius 2 is 1.77 bits per heavy atom. The highest BCUT2D eigenvalue weighted by molar-refractivity contribution is 5.93. The average Bonchev–Trinajstić information content (AvgIpc) is 3.39. The maximum Gasteiger partial charge on any atom is 0.272 e. The molecule has 0 bridgehead atoms. The van der Waals surface area contributed by atoms with Crippen molar-refractivity contribution in [1.82, 2.24) is 19.4 Å². The molecule has 2 fully saturated rings. The van der Waals surface area contributed by atoms with Gasteiger partial charge in [-0.3, -0.25) is 14.2 Å². The molecule has 0 N–H and O–H groups in total. The molecule has 0 saturated carbocycles. The molecule has 1 aromatic carbocycles. The average molecular weight is 354 g/mol. The standard InChI is InChI=1S/C19H22N4O3/c24-18(16-13-20-14-23(16)15-5-2-1-3-6-15)21-8-10-22(11-9-21)19(25)17-7-4-12-26-17/h1-3,5-6,13-14,17H,4,7-12H2. The lowest BCUT2D eigenvalue weighted by Gasteiger charge is -2.35. The molecule has 0 spiro atoms. The smallest absolute Gasteiger partial charge is 0.272 e. The van der Waals surface area contributed by atoms with E-state index < -0.39 is 0 Å². The number of amides is 2. The van der Waals surface area contributed by atoms with Gasteiger partial charge < -0.3 is 14.5 Å². The molecule has 26 heavy (non-hydrogen) atoms. The van der Waals surface area contributed by atoms with Crippen molar-refractivity contribution in [1.29, 1.82) is 0 Å². The van der Waals surface area contributed by atoms with Crippen molar-refractivity contribution < 1.29 is 14.3 Å². The SMILES string of the molecule is O=C(c1cncn1-c1ccccc1)N1CCN(C(=O)C2CCCO2)CC1. The van der Waals surface area contributed by atoms with Gasteiger partial charge in [-0.25, -0.2) is 4.98 Å². The van der Waals surface area contributed by atoms with Crippen LogP contribution in [0.2, 0.25) is 0 Å². The second-order valence-electron chi connectivity index (χ2n) is 6.60. The molecule has 0 aliphatic carbocycles. The van der Waals surface area contributed by atoms with Gasteiger partial charge in [-0.05, 0) is 25.0 Å². The zero-order valence-electron chi connectivity index (χ0n) is 14.6. The number of hydrogen-bond donors (Lipinski definition) is 0. The largest absolute Gasteiger partial charge is 0.368 e. The number of benzene rings is 1. The number of imidazole rings is 1. The third-order valence-electron chi connectivity index (χ3n) is 4.98. The number of rotatable bonds is 3. The van der Waals surface area contributed by atoms with Gasteiger partial charge in [0.1, 0.15) is 11.8 Å². The van der Waals surface area contributed by atoms with Crippen LogP contribution in [0.4, 0.5) is 0 Å². The Bertz CT molecular complexity index is 775. The zero-order valence-corrected chi connectivity index (χ0v) is 14.6. The van der Waals surface area contributed by atoms with Crippen LogP contribution >= 0.6 is 0 Å². The maximum atomic E-state index is 12.9. The molecule has 4 rings (SSSR count). The second-order valence-corrected chi connectivity index (χ2v) is 6.60. The van der Waals surface area contributed by atoms with E-state index in [-0.39, 0.29) is 17.9 Å². The molecule has 2 saturated heterocycles. The van der Waals surface area contributed by atoms with Crippen LogP contribution in [0, 0.1) is 0 Å². The number of carbonyl (C=O) groups excluding carboxylic acids is 2. The van der Waals surface area contributed by atoms with Crippen molar-refractivity contribution in [3.63, 3.8) is 0 Å². The summed E-state index contributed by atoms with van der Waals surface area (Å²) in [5.41, 5.74) is 1.44. The van der Waals surface area contributed by atoms with Crippen LogP contribution < -0.4 is 0 Å². The monoisotopic (exact) mass is 354 g/mol. The van der Waals surface area contributed by atoms with Crippen molar-refractivity contribution >= 4 is 11.8 Å². The third-order valence-corrected chi connectivity index (χ3v) is 4.98. The Kier molecular flexibility index (Phi) is 4.71. The van der Waals surface area contributed by atoms with Crippen molar-refractivity contribution in [3.8, 4) is 5.69 Å². The maximum absolute atomic E-state index is 12.9. The summed E-state index contributed by atoms with van der Waals surface area (Å²) >= 11 is 0. The van der Waals surface area contributed by atoms with Gasteiger partial charge in [0.15, 0.2) is 0 Å². The molecule has 1 atom stereocenters. The molecule has 7 heteroatoms. The number of para-hydroxylation sites is 1. The van der Waals surface area contributed by atoms with Gasteiger partial charge in [-0.15, -0.1) is 0 Å². The van der Waals surface area contributed by atoms with Crippen LogP contribution in [0.1, 0.15) is 23.3 Å². The van der Waals surface area contributed by atoms with Crippen molar-refractivity contribution in [3.05, 3.63) is 48.5 Å². The van der Waals surface area contributed by atoms with Gasteiger partial charge >= 0.3 is 0 Å². The molecule has 1 unspecified atom stereocenters. The van der Waals surface area contributed by atoms with E-state index in [1.807, 2.05) is 35.2 Å². The number of nitrogens with zero attached hydrogens (tertiary/aromatic N) is 4. The number of carbonyl (C=O) groups is 2. The van der Waals surface area contributed by atoms with E-state index in [1.165, 1.54) is 0 Å². The second kappa shape index (κ2) is 7.29. The molecule has 2 aromatic rings. The third kappa shape index (κ3) is 3.22. The molecule has 0 radical (unpaired) electrons. The van der Waals surface area contributed by atoms with Gasteiger partial charge in [-0.1, -0.05) is 18.2 Å². The van der Waals surface area contributed by atoms with Crippen LogP contribution in [-0.2, 0) is 9.53 Å². The van der Waals surface area contributed by atoms with E-state index in [0.717, 1.165) is 18.5 Å². The molecule has 3 heterocycles. The van der Waals surface area contributed by atoms with E-state index in [9.17, 15) is 9.59 Å². The summed E-state index contributed by atoms with van der Waals surface area (Å²) < 4.78 is 7.28. The molecule has 136 valence electrons. The molecule has 2 aliphatic rings. The fourth-order valence-electron chi connectivity index (χ4n) is 3.52. The summed E-state index contributed by atoms with van der Waals surface area (Å²) in [5, 5.41) is 0. The first-order valence-electron chi connectivity index (χ1n) is 9.01. The Labute approximate surface area is 152 Å². The van der Waals surface area contributed by atoms with Crippen LogP contribution in [0.3, 0.4) is 0 Å². The van der Waals surface area contributed by atoms with E-state index in [4.69, 9.17) is 4.74 Å². The summed E-state index contributed by atoms with van der Waals surface area (Å²) in [5.74, 6) is -0.000468. The zero-order chi connectivity index (χ0) is 17.9. The fraction of sp³-hybridized carbons (Fsp3) is 0.421. The number of aromatic nitrogens is 2. The summed E-state index contributed by atoms with van der Waals surface area (Å²) in [6, 6.07) is 9.68. The molecule has 1 aromatic heterocycles. The highest BCUT2D eigenvalue weighted by Crippen LogP contribution is 2.18. The van der Waals surface area contributed by atoms with Crippen molar-refractivity contribution in [2.75, 3.05) is 32.8 Å². The van der Waals surface area contributed by atoms with E-state index in [0.29, 0.717) is 38.5 Å². The summed E-state index contributed by atoms with van der Waals surface area (Å²) in [4.78, 5) is 33.1. The van der Waals surface area contributed by atoms with Crippen molar-refractivity contribution in [2.24, 2.45) is 0 Å². The Morgan fingerprint density at radius 1 is 1.04 bits per heavy atom. The lowest BCUT2D eigenvalue weighted by molar-refractivity contribution is -0.142. The highest BCUT2D eigenvalue weighted by Gasteiger charge is 2.32. The molecule has 2 amide bonds. The first-order valence-corrected chi connectivity index (χ1v) is 9.01. The van der Waals surface area contributed by atoms with Gasteiger partial charge in [0.2, 0.25) is 0 Å². The Morgan fingerprint density at radius 3 is 2.46 bits per heavy atom. The minimum atomic E-state index is -0.295. The lowest BCUT2D eigenvalue weighted by Crippen LogP contribution is -2.53. The first-order chi connectivity index (χ1) is 12.7. The summed E-state index contributed by atoms with van der Waals surface area (Å²) in [6.07, 6.45) is 4.70.